The summed E-state index contributed by atoms with van der Waals surface area (Å²) in [6.45, 7) is 8.83. The molecule has 0 aromatic rings. The zero-order chi connectivity index (χ0) is 30.2. The van der Waals surface area contributed by atoms with Crippen LogP contribution in [0, 0.1) is 46.3 Å². The Kier molecular flexibility index (Phi) is 8.45. The van der Waals surface area contributed by atoms with E-state index < -0.39 is 43.1 Å². The van der Waals surface area contributed by atoms with Crippen molar-refractivity contribution >= 4 is 0 Å². The van der Waals surface area contributed by atoms with Crippen molar-refractivity contribution in [1.29, 1.82) is 0 Å². The molecule has 240 valence electrons. The highest BCUT2D eigenvalue weighted by Crippen LogP contribution is 2.70. The maximum Gasteiger partial charge on any atom is 0.186 e. The van der Waals surface area contributed by atoms with Gasteiger partial charge in [-0.25, -0.2) is 0 Å². The molecule has 0 amide bonds. The van der Waals surface area contributed by atoms with Gasteiger partial charge in [0.15, 0.2) is 12.1 Å². The average molecular weight is 595 g/mol. The molecule has 0 aromatic carbocycles. The normalized spacial score (nSPS) is 54.4. The van der Waals surface area contributed by atoms with Crippen molar-refractivity contribution in [1.82, 2.24) is 0 Å². The monoisotopic (exact) mass is 594 g/mol. The molecule has 0 spiro atoms. The van der Waals surface area contributed by atoms with Gasteiger partial charge < -0.3 is 44.8 Å². The molecule has 42 heavy (non-hydrogen) atoms. The highest BCUT2D eigenvalue weighted by molar-refractivity contribution is 5.26. The van der Waals surface area contributed by atoms with E-state index in [4.69, 9.17) is 14.2 Å². The van der Waals surface area contributed by atoms with Crippen LogP contribution in [0.4, 0.5) is 0 Å². The summed E-state index contributed by atoms with van der Waals surface area (Å²) in [5.41, 5.74) is 1.85. The van der Waals surface area contributed by atoms with Gasteiger partial charge in [-0.15, -0.1) is 0 Å². The Morgan fingerprint density at radius 1 is 1.05 bits per heavy atom. The molecule has 0 aromatic heterocycles. The fourth-order valence-electron chi connectivity index (χ4n) is 10.6. The van der Waals surface area contributed by atoms with E-state index in [1.807, 2.05) is 6.92 Å². The first-order valence-electron chi connectivity index (χ1n) is 16.5. The van der Waals surface area contributed by atoms with Crippen LogP contribution >= 0.6 is 0 Å². The third kappa shape index (κ3) is 4.94. The van der Waals surface area contributed by atoms with Gasteiger partial charge >= 0.3 is 0 Å². The quantitative estimate of drug-likeness (QED) is 0.245. The molecular formula is C33H54O9. The minimum absolute atomic E-state index is 0.0164. The van der Waals surface area contributed by atoms with Gasteiger partial charge in [0.2, 0.25) is 0 Å². The predicted molar refractivity (Wildman–Crippen MR) is 154 cm³/mol. The Bertz CT molecular complexity index is 1020. The third-order valence-electron chi connectivity index (χ3n) is 13.2. The molecule has 5 fully saturated rings. The summed E-state index contributed by atoms with van der Waals surface area (Å²) in [7, 11) is 0. The summed E-state index contributed by atoms with van der Waals surface area (Å²) in [5, 5.41) is 61.8. The third-order valence-corrected chi connectivity index (χ3v) is 13.2. The molecule has 6 rings (SSSR count). The first kappa shape index (κ1) is 31.4. The molecular weight excluding hydrogens is 540 g/mol. The maximum absolute atomic E-state index is 11.8. The second-order valence-electron chi connectivity index (χ2n) is 15.4. The Labute approximate surface area is 250 Å². The molecule has 16 unspecified atom stereocenters. The van der Waals surface area contributed by atoms with Crippen molar-refractivity contribution < 1.29 is 44.8 Å². The summed E-state index contributed by atoms with van der Waals surface area (Å²) in [6, 6.07) is 0. The molecule has 0 radical (unpaired) electrons. The Morgan fingerprint density at radius 2 is 1.81 bits per heavy atom. The lowest BCUT2D eigenvalue weighted by Gasteiger charge is -2.58. The molecule has 9 nitrogen and oxygen atoms in total. The van der Waals surface area contributed by atoms with Gasteiger partial charge in [0, 0.05) is 12.3 Å². The van der Waals surface area contributed by atoms with E-state index in [0.717, 1.165) is 32.1 Å². The number of aliphatic hydroxyl groups excluding tert-OH is 5. The second kappa shape index (κ2) is 11.3. The van der Waals surface area contributed by atoms with E-state index in [1.165, 1.54) is 18.4 Å². The molecule has 2 heterocycles. The second-order valence-corrected chi connectivity index (χ2v) is 15.4. The number of hydrogen-bond acceptors (Lipinski definition) is 9. The smallest absolute Gasteiger partial charge is 0.186 e. The van der Waals surface area contributed by atoms with E-state index in [1.54, 1.807) is 0 Å². The lowest BCUT2D eigenvalue weighted by atomic mass is 9.47. The summed E-state index contributed by atoms with van der Waals surface area (Å²) in [6.07, 6.45) is 4.36. The number of fused-ring (bicyclic) bond motifs is 7. The van der Waals surface area contributed by atoms with Crippen LogP contribution in [-0.4, -0.2) is 92.6 Å². The van der Waals surface area contributed by atoms with Crippen LogP contribution in [0.5, 0.6) is 0 Å². The molecule has 6 aliphatic rings. The van der Waals surface area contributed by atoms with Crippen molar-refractivity contribution in [3.63, 3.8) is 0 Å². The average Bonchev–Trinajstić information content (AvgIpc) is 3.39. The Morgan fingerprint density at radius 3 is 2.55 bits per heavy atom. The van der Waals surface area contributed by atoms with Crippen molar-refractivity contribution in [3.8, 4) is 0 Å². The highest BCUT2D eigenvalue weighted by Gasteiger charge is 2.67. The topological polar surface area (TPSA) is 149 Å². The van der Waals surface area contributed by atoms with Crippen molar-refractivity contribution in [2.75, 3.05) is 13.2 Å². The van der Waals surface area contributed by atoms with Crippen molar-refractivity contribution in [3.05, 3.63) is 11.6 Å². The molecule has 16 atom stereocenters. The van der Waals surface area contributed by atoms with Crippen molar-refractivity contribution in [2.24, 2.45) is 46.3 Å². The van der Waals surface area contributed by atoms with Crippen LogP contribution in [0.3, 0.4) is 0 Å². The van der Waals surface area contributed by atoms with Crippen LogP contribution in [0.15, 0.2) is 11.6 Å². The van der Waals surface area contributed by atoms with Gasteiger partial charge in [-0.2, -0.15) is 0 Å². The zero-order valence-electron chi connectivity index (χ0n) is 25.8. The van der Waals surface area contributed by atoms with Crippen LogP contribution < -0.4 is 0 Å². The molecule has 2 saturated heterocycles. The van der Waals surface area contributed by atoms with Gasteiger partial charge in [0.05, 0.1) is 25.4 Å². The summed E-state index contributed by atoms with van der Waals surface area (Å²) in [5.74, 6) is 1.06. The fourth-order valence-corrected chi connectivity index (χ4v) is 10.6. The summed E-state index contributed by atoms with van der Waals surface area (Å²) in [4.78, 5) is 0. The van der Waals surface area contributed by atoms with Gasteiger partial charge in [-0.05, 0) is 91.8 Å². The first-order valence-corrected chi connectivity index (χ1v) is 16.5. The molecule has 3 saturated carbocycles. The van der Waals surface area contributed by atoms with E-state index in [9.17, 15) is 30.6 Å². The lowest BCUT2D eigenvalue weighted by molar-refractivity contribution is -0.303. The Hall–Kier alpha value is -0.620. The standard InChI is InChI=1S/C33H54O9/c1-17(16-40-30-29(38)28(37)27(36)25(15-34)41-30)7-12-33(39)18(2)26-24(42-33)14-23-21-6-5-19-13-20(35)8-10-31(19,3)22(21)9-11-32(23,26)4/h5,17-18,20-30,34-39H,6-16H2,1-4H3. The summed E-state index contributed by atoms with van der Waals surface area (Å²) < 4.78 is 17.8. The molecule has 9 heteroatoms. The first-order chi connectivity index (χ1) is 19.8. The van der Waals surface area contributed by atoms with Gasteiger partial charge in [0.1, 0.15) is 24.4 Å². The lowest BCUT2D eigenvalue weighted by Crippen LogP contribution is -2.59. The predicted octanol–water partition coefficient (Wildman–Crippen LogP) is 2.49. The highest BCUT2D eigenvalue weighted by atomic mass is 16.7. The van der Waals surface area contributed by atoms with Gasteiger partial charge in [-0.3, -0.25) is 0 Å². The summed E-state index contributed by atoms with van der Waals surface area (Å²) >= 11 is 0. The van der Waals surface area contributed by atoms with E-state index in [-0.39, 0.29) is 41.5 Å². The van der Waals surface area contributed by atoms with E-state index in [2.05, 4.69) is 26.8 Å². The molecule has 4 aliphatic carbocycles. The minimum atomic E-state index is -1.46. The molecule has 0 bridgehead atoms. The fraction of sp³-hybridized carbons (Fsp3) is 0.939. The van der Waals surface area contributed by atoms with E-state index >= 15 is 0 Å². The van der Waals surface area contributed by atoms with Crippen LogP contribution in [0.1, 0.15) is 85.5 Å². The largest absolute Gasteiger partial charge is 0.394 e. The number of hydrogen-bond donors (Lipinski definition) is 6. The number of rotatable bonds is 7. The van der Waals surface area contributed by atoms with E-state index in [0.29, 0.717) is 36.5 Å². The van der Waals surface area contributed by atoms with Crippen LogP contribution in [0.25, 0.3) is 0 Å². The SMILES string of the molecule is CC(CCC1(O)OC2CC3C4CC=C5CC(O)CCC5(C)C4CCC3(C)C2C1C)COC1OC(CO)C(O)C(O)C1O. The van der Waals surface area contributed by atoms with Gasteiger partial charge in [0.25, 0.3) is 0 Å². The van der Waals surface area contributed by atoms with Crippen LogP contribution in [0.2, 0.25) is 0 Å². The number of aliphatic hydroxyl groups is 6. The maximum atomic E-state index is 11.8. The molecule has 2 aliphatic heterocycles. The van der Waals surface area contributed by atoms with Crippen LogP contribution in [-0.2, 0) is 14.2 Å². The van der Waals surface area contributed by atoms with Crippen molar-refractivity contribution in [2.45, 2.75) is 134 Å². The number of allylic oxidation sites excluding steroid dienone is 1. The Balaban J connectivity index is 1.06. The zero-order valence-corrected chi connectivity index (χ0v) is 25.8. The molecule has 6 N–H and O–H groups in total. The minimum Gasteiger partial charge on any atom is -0.394 e. The van der Waals surface area contributed by atoms with Gasteiger partial charge in [-0.1, -0.05) is 39.3 Å². The number of ether oxygens (including phenoxy) is 3.